The van der Waals surface area contributed by atoms with Crippen LogP contribution in [-0.4, -0.2) is 48.8 Å². The average molecular weight is 228 g/mol. The van der Waals surface area contributed by atoms with Crippen LogP contribution in [0.4, 0.5) is 0 Å². The van der Waals surface area contributed by atoms with E-state index in [1.54, 1.807) is 0 Å². The lowest BCUT2D eigenvalue weighted by Gasteiger charge is -2.36. The van der Waals surface area contributed by atoms with Gasteiger partial charge in [-0.15, -0.1) is 0 Å². The number of β-amino-alcohol motifs (C(OH)–C–C–N with tert-alkyl or cyclic N) is 1. The second-order valence-electron chi connectivity index (χ2n) is 5.36. The summed E-state index contributed by atoms with van der Waals surface area (Å²) in [6.45, 7) is 11.7. The molecule has 3 heteroatoms. The van der Waals surface area contributed by atoms with Gasteiger partial charge in [0.25, 0.3) is 0 Å². The third-order valence-electron chi connectivity index (χ3n) is 3.69. The van der Waals surface area contributed by atoms with Crippen molar-refractivity contribution >= 4 is 0 Å². The topological polar surface area (TPSA) is 35.5 Å². The van der Waals surface area contributed by atoms with Crippen molar-refractivity contribution in [2.45, 2.75) is 39.7 Å². The van der Waals surface area contributed by atoms with Gasteiger partial charge in [-0.2, -0.15) is 0 Å². The van der Waals surface area contributed by atoms with E-state index in [-0.39, 0.29) is 6.10 Å². The van der Waals surface area contributed by atoms with E-state index >= 15 is 0 Å². The Morgan fingerprint density at radius 3 is 2.75 bits per heavy atom. The number of nitrogens with one attached hydrogen (secondary N) is 1. The molecule has 3 unspecified atom stereocenters. The van der Waals surface area contributed by atoms with Gasteiger partial charge in [0.1, 0.15) is 0 Å². The van der Waals surface area contributed by atoms with Gasteiger partial charge in [-0.05, 0) is 37.8 Å². The lowest BCUT2D eigenvalue weighted by molar-refractivity contribution is 0.0706. The van der Waals surface area contributed by atoms with Crippen LogP contribution in [0.15, 0.2) is 0 Å². The molecule has 0 bridgehead atoms. The minimum atomic E-state index is -0.216. The third kappa shape index (κ3) is 4.81. The molecule has 3 nitrogen and oxygen atoms in total. The summed E-state index contributed by atoms with van der Waals surface area (Å²) >= 11 is 0. The summed E-state index contributed by atoms with van der Waals surface area (Å²) in [7, 11) is 0. The molecule has 0 amide bonds. The normalized spacial score (nSPS) is 29.2. The minimum absolute atomic E-state index is 0.216. The molecule has 0 aromatic carbocycles. The molecule has 16 heavy (non-hydrogen) atoms. The van der Waals surface area contributed by atoms with E-state index in [0.717, 1.165) is 51.0 Å². The van der Waals surface area contributed by atoms with E-state index in [1.165, 1.54) is 6.42 Å². The fourth-order valence-corrected chi connectivity index (χ4v) is 2.32. The Bertz CT molecular complexity index is 187. The molecular weight excluding hydrogens is 200 g/mol. The second kappa shape index (κ2) is 7.25. The monoisotopic (exact) mass is 228 g/mol. The summed E-state index contributed by atoms with van der Waals surface area (Å²) < 4.78 is 0. The summed E-state index contributed by atoms with van der Waals surface area (Å²) in [6.07, 6.45) is 2.19. The number of hydrogen-bond donors (Lipinski definition) is 2. The summed E-state index contributed by atoms with van der Waals surface area (Å²) in [4.78, 5) is 2.41. The van der Waals surface area contributed by atoms with Gasteiger partial charge in [0.05, 0.1) is 6.10 Å². The Labute approximate surface area is 100 Å². The van der Waals surface area contributed by atoms with Crippen molar-refractivity contribution in [2.24, 2.45) is 11.8 Å². The molecule has 0 saturated carbocycles. The molecule has 0 aromatic rings. The predicted molar refractivity (Wildman–Crippen MR) is 68.6 cm³/mol. The molecule has 1 saturated heterocycles. The van der Waals surface area contributed by atoms with Crippen LogP contribution in [0.2, 0.25) is 0 Å². The molecule has 2 N–H and O–H groups in total. The first-order chi connectivity index (χ1) is 7.63. The highest BCUT2D eigenvalue weighted by Gasteiger charge is 2.23. The van der Waals surface area contributed by atoms with Gasteiger partial charge < -0.3 is 15.3 Å². The largest absolute Gasteiger partial charge is 0.390 e. The van der Waals surface area contributed by atoms with Crippen LogP contribution in [0.1, 0.15) is 33.6 Å². The van der Waals surface area contributed by atoms with Crippen molar-refractivity contribution in [1.29, 1.82) is 0 Å². The molecule has 1 aliphatic heterocycles. The first-order valence-electron chi connectivity index (χ1n) is 6.74. The van der Waals surface area contributed by atoms with Crippen molar-refractivity contribution in [2.75, 3.05) is 32.7 Å². The van der Waals surface area contributed by atoms with E-state index in [9.17, 15) is 5.11 Å². The van der Waals surface area contributed by atoms with Gasteiger partial charge in [-0.1, -0.05) is 20.8 Å². The molecule has 1 heterocycles. The van der Waals surface area contributed by atoms with E-state index < -0.39 is 0 Å². The van der Waals surface area contributed by atoms with Gasteiger partial charge in [0.2, 0.25) is 0 Å². The smallest absolute Gasteiger partial charge is 0.0791 e. The van der Waals surface area contributed by atoms with Gasteiger partial charge in [-0.25, -0.2) is 0 Å². The Kier molecular flexibility index (Phi) is 6.32. The quantitative estimate of drug-likeness (QED) is 0.673. The third-order valence-corrected chi connectivity index (χ3v) is 3.69. The maximum absolute atomic E-state index is 9.88. The molecule has 3 atom stereocenters. The summed E-state index contributed by atoms with van der Waals surface area (Å²) in [5, 5.41) is 13.1. The number of aliphatic hydroxyl groups is 1. The van der Waals surface area contributed by atoms with Crippen LogP contribution in [0.5, 0.6) is 0 Å². The van der Waals surface area contributed by atoms with Crippen LogP contribution in [0.3, 0.4) is 0 Å². The Morgan fingerprint density at radius 2 is 2.12 bits per heavy atom. The maximum atomic E-state index is 9.88. The van der Waals surface area contributed by atoms with E-state index in [1.807, 2.05) is 0 Å². The molecule has 1 fully saturated rings. The van der Waals surface area contributed by atoms with Crippen molar-refractivity contribution in [3.63, 3.8) is 0 Å². The number of aliphatic hydroxyl groups excluding tert-OH is 1. The molecule has 1 aliphatic rings. The molecule has 96 valence electrons. The second-order valence-corrected chi connectivity index (χ2v) is 5.36. The molecular formula is C13H28N2O. The van der Waals surface area contributed by atoms with Crippen LogP contribution >= 0.6 is 0 Å². The van der Waals surface area contributed by atoms with Crippen LogP contribution < -0.4 is 5.32 Å². The highest BCUT2D eigenvalue weighted by Crippen LogP contribution is 2.22. The molecule has 0 radical (unpaired) electrons. The van der Waals surface area contributed by atoms with Crippen molar-refractivity contribution < 1.29 is 5.11 Å². The lowest BCUT2D eigenvalue weighted by Crippen LogP contribution is -2.44. The molecule has 1 rings (SSSR count). The fraction of sp³-hybridized carbons (Fsp3) is 1.00. The van der Waals surface area contributed by atoms with Crippen LogP contribution in [0, 0.1) is 11.8 Å². The molecule has 0 aromatic heterocycles. The average Bonchev–Trinajstić information content (AvgIpc) is 2.24. The van der Waals surface area contributed by atoms with Gasteiger partial charge in [0.15, 0.2) is 0 Å². The lowest BCUT2D eigenvalue weighted by atomic mass is 9.88. The van der Waals surface area contributed by atoms with Crippen molar-refractivity contribution in [3.8, 4) is 0 Å². The highest BCUT2D eigenvalue weighted by atomic mass is 16.3. The van der Waals surface area contributed by atoms with Crippen LogP contribution in [-0.2, 0) is 0 Å². The molecule has 0 aliphatic carbocycles. The van der Waals surface area contributed by atoms with Gasteiger partial charge >= 0.3 is 0 Å². The van der Waals surface area contributed by atoms with Gasteiger partial charge in [-0.3, -0.25) is 0 Å². The first-order valence-corrected chi connectivity index (χ1v) is 6.74. The number of likely N-dealkylation sites (tertiary alicyclic amines) is 1. The fourth-order valence-electron chi connectivity index (χ4n) is 2.32. The summed E-state index contributed by atoms with van der Waals surface area (Å²) in [5.74, 6) is 1.61. The standard InChI is InChI=1S/C13H28N2O/c1-4-6-14-8-13(16)10-15-7-5-11(2)12(3)9-15/h11-14,16H,4-10H2,1-3H3. The van der Waals surface area contributed by atoms with Gasteiger partial charge in [0, 0.05) is 19.6 Å². The zero-order chi connectivity index (χ0) is 12.0. The Morgan fingerprint density at radius 1 is 1.38 bits per heavy atom. The van der Waals surface area contributed by atoms with Crippen molar-refractivity contribution in [3.05, 3.63) is 0 Å². The highest BCUT2D eigenvalue weighted by molar-refractivity contribution is 4.77. The van der Waals surface area contributed by atoms with E-state index in [4.69, 9.17) is 0 Å². The molecule has 0 spiro atoms. The number of hydrogen-bond acceptors (Lipinski definition) is 3. The maximum Gasteiger partial charge on any atom is 0.0791 e. The Hall–Kier alpha value is -0.120. The summed E-state index contributed by atoms with van der Waals surface area (Å²) in [5.41, 5.74) is 0. The first kappa shape index (κ1) is 13.9. The number of nitrogens with zero attached hydrogens (tertiary/aromatic N) is 1. The number of rotatable bonds is 6. The zero-order valence-electron chi connectivity index (χ0n) is 11.1. The van der Waals surface area contributed by atoms with E-state index in [2.05, 4.69) is 31.0 Å². The van der Waals surface area contributed by atoms with Crippen LogP contribution in [0.25, 0.3) is 0 Å². The predicted octanol–water partition coefficient (Wildman–Crippen LogP) is 1.32. The number of piperidine rings is 1. The van der Waals surface area contributed by atoms with E-state index in [0.29, 0.717) is 0 Å². The minimum Gasteiger partial charge on any atom is -0.390 e. The summed E-state index contributed by atoms with van der Waals surface area (Å²) in [6, 6.07) is 0. The van der Waals surface area contributed by atoms with Crippen molar-refractivity contribution in [1.82, 2.24) is 10.2 Å². The SMILES string of the molecule is CCCNCC(O)CN1CCC(C)C(C)C1. The zero-order valence-corrected chi connectivity index (χ0v) is 11.1. The Balaban J connectivity index is 2.16.